The molecule has 0 spiro atoms. The topological polar surface area (TPSA) is 20.2 Å². The van der Waals surface area contributed by atoms with Gasteiger partial charge in [-0.15, -0.1) is 0 Å². The van der Waals surface area contributed by atoms with Gasteiger partial charge < -0.3 is 5.11 Å². The molecule has 3 aliphatic rings. The van der Waals surface area contributed by atoms with Gasteiger partial charge in [0.2, 0.25) is 0 Å². The molecule has 1 nitrogen and oxygen atoms in total. The van der Waals surface area contributed by atoms with Crippen LogP contribution in [0.2, 0.25) is 0 Å². The summed E-state index contributed by atoms with van der Waals surface area (Å²) in [6.45, 7) is 8.67. The highest BCUT2D eigenvalue weighted by molar-refractivity contribution is 5.23. The number of fused-ring (bicyclic) bond motifs is 1. The van der Waals surface area contributed by atoms with E-state index < -0.39 is 5.60 Å². The molecule has 0 heterocycles. The van der Waals surface area contributed by atoms with Crippen molar-refractivity contribution in [3.63, 3.8) is 0 Å². The van der Waals surface area contributed by atoms with Crippen molar-refractivity contribution in [2.45, 2.75) is 65.4 Å². The number of aliphatic hydroxyl groups is 1. The maximum Gasteiger partial charge on any atom is 0.0591 e. The van der Waals surface area contributed by atoms with Crippen LogP contribution in [0, 0.1) is 17.3 Å². The van der Waals surface area contributed by atoms with Gasteiger partial charge in [-0.25, -0.2) is 0 Å². The van der Waals surface area contributed by atoms with Gasteiger partial charge in [-0.2, -0.15) is 0 Å². The number of allylic oxidation sites excluding steroid dienone is 2. The van der Waals surface area contributed by atoms with Crippen molar-refractivity contribution in [3.05, 3.63) is 11.6 Å². The standard InChI is InChI=1S/C15H26O/c1-14(2,16)9-5-6-11-7-8-12-10-13(11)15(12,3)4/h7,12-13,16H,5-6,8-10H2,1-4H3. The summed E-state index contributed by atoms with van der Waals surface area (Å²) in [4.78, 5) is 0. The maximum atomic E-state index is 9.71. The zero-order valence-electron chi connectivity index (χ0n) is 11.2. The van der Waals surface area contributed by atoms with Gasteiger partial charge in [0.15, 0.2) is 0 Å². The molecule has 1 saturated carbocycles. The van der Waals surface area contributed by atoms with E-state index in [-0.39, 0.29) is 0 Å². The Morgan fingerprint density at radius 1 is 1.44 bits per heavy atom. The van der Waals surface area contributed by atoms with E-state index in [9.17, 15) is 5.11 Å². The summed E-state index contributed by atoms with van der Waals surface area (Å²) < 4.78 is 0. The van der Waals surface area contributed by atoms with Crippen molar-refractivity contribution >= 4 is 0 Å². The Balaban J connectivity index is 1.85. The first-order valence-corrected chi connectivity index (χ1v) is 6.72. The fraction of sp³-hybridized carbons (Fsp3) is 0.867. The molecule has 0 aromatic rings. The summed E-state index contributed by atoms with van der Waals surface area (Å²) in [5.41, 5.74) is 1.74. The molecule has 1 fully saturated rings. The summed E-state index contributed by atoms with van der Waals surface area (Å²) in [5.74, 6) is 1.78. The van der Waals surface area contributed by atoms with Gasteiger partial charge in [0.05, 0.1) is 5.60 Å². The molecule has 1 heteroatoms. The van der Waals surface area contributed by atoms with Crippen LogP contribution in [0.1, 0.15) is 59.8 Å². The van der Waals surface area contributed by atoms with Crippen molar-refractivity contribution in [1.82, 2.24) is 0 Å². The van der Waals surface area contributed by atoms with Gasteiger partial charge >= 0.3 is 0 Å². The largest absolute Gasteiger partial charge is 0.390 e. The predicted molar refractivity (Wildman–Crippen MR) is 68.2 cm³/mol. The first-order chi connectivity index (χ1) is 7.31. The second-order valence-corrected chi connectivity index (χ2v) is 6.99. The lowest BCUT2D eigenvalue weighted by atomic mass is 9.48. The highest BCUT2D eigenvalue weighted by atomic mass is 16.3. The van der Waals surface area contributed by atoms with Crippen LogP contribution in [0.15, 0.2) is 11.6 Å². The summed E-state index contributed by atoms with van der Waals surface area (Å²) in [6, 6.07) is 0. The second kappa shape index (κ2) is 3.87. The van der Waals surface area contributed by atoms with E-state index in [1.807, 2.05) is 13.8 Å². The lowest BCUT2D eigenvalue weighted by molar-refractivity contribution is -0.00912. The summed E-state index contributed by atoms with van der Waals surface area (Å²) in [6.07, 6.45) is 8.44. The van der Waals surface area contributed by atoms with Crippen LogP contribution in [-0.4, -0.2) is 10.7 Å². The minimum atomic E-state index is -0.493. The summed E-state index contributed by atoms with van der Waals surface area (Å²) in [5, 5.41) is 9.71. The third-order valence-corrected chi connectivity index (χ3v) is 4.84. The van der Waals surface area contributed by atoms with Gasteiger partial charge in [-0.05, 0) is 63.2 Å². The summed E-state index contributed by atoms with van der Waals surface area (Å²) in [7, 11) is 0. The van der Waals surface area contributed by atoms with Gasteiger partial charge in [0, 0.05) is 0 Å². The molecular formula is C15H26O. The Morgan fingerprint density at radius 2 is 2.12 bits per heavy atom. The minimum absolute atomic E-state index is 0.493. The van der Waals surface area contributed by atoms with Crippen LogP contribution < -0.4 is 0 Å². The number of hydrogen-bond donors (Lipinski definition) is 1. The molecule has 0 amide bonds. The fourth-order valence-corrected chi connectivity index (χ4v) is 3.48. The van der Waals surface area contributed by atoms with Crippen molar-refractivity contribution < 1.29 is 5.11 Å². The minimum Gasteiger partial charge on any atom is -0.390 e. The molecule has 0 aromatic heterocycles. The van der Waals surface area contributed by atoms with E-state index >= 15 is 0 Å². The Hall–Kier alpha value is -0.300. The average Bonchev–Trinajstić information content (AvgIpc) is 2.15. The first-order valence-electron chi connectivity index (χ1n) is 6.72. The fourth-order valence-electron chi connectivity index (χ4n) is 3.48. The molecule has 0 saturated heterocycles. The van der Waals surface area contributed by atoms with E-state index in [4.69, 9.17) is 0 Å². The third kappa shape index (κ3) is 2.20. The third-order valence-electron chi connectivity index (χ3n) is 4.84. The molecule has 92 valence electrons. The van der Waals surface area contributed by atoms with E-state index in [1.165, 1.54) is 19.3 Å². The van der Waals surface area contributed by atoms with Crippen LogP contribution >= 0.6 is 0 Å². The van der Waals surface area contributed by atoms with Gasteiger partial charge in [-0.3, -0.25) is 0 Å². The summed E-state index contributed by atoms with van der Waals surface area (Å²) >= 11 is 0. The smallest absolute Gasteiger partial charge is 0.0591 e. The van der Waals surface area contributed by atoms with E-state index in [1.54, 1.807) is 5.57 Å². The predicted octanol–water partition coefficient (Wildman–Crippen LogP) is 3.92. The highest BCUT2D eigenvalue weighted by Crippen LogP contribution is 2.59. The van der Waals surface area contributed by atoms with Gasteiger partial charge in [0.1, 0.15) is 0 Å². The molecular weight excluding hydrogens is 196 g/mol. The van der Waals surface area contributed by atoms with E-state index in [2.05, 4.69) is 19.9 Å². The van der Waals surface area contributed by atoms with Crippen LogP contribution in [-0.2, 0) is 0 Å². The van der Waals surface area contributed by atoms with E-state index in [0.717, 1.165) is 24.7 Å². The maximum absolute atomic E-state index is 9.71. The second-order valence-electron chi connectivity index (χ2n) is 6.99. The van der Waals surface area contributed by atoms with Crippen LogP contribution in [0.25, 0.3) is 0 Å². The van der Waals surface area contributed by atoms with Gasteiger partial charge in [0.25, 0.3) is 0 Å². The molecule has 1 N–H and O–H groups in total. The van der Waals surface area contributed by atoms with Crippen molar-refractivity contribution in [3.8, 4) is 0 Å². The Morgan fingerprint density at radius 3 is 2.62 bits per heavy atom. The van der Waals surface area contributed by atoms with Crippen LogP contribution in [0.5, 0.6) is 0 Å². The van der Waals surface area contributed by atoms with Crippen molar-refractivity contribution in [2.24, 2.45) is 17.3 Å². The molecule has 0 radical (unpaired) electrons. The lowest BCUT2D eigenvalue weighted by Gasteiger charge is -2.56. The van der Waals surface area contributed by atoms with E-state index in [0.29, 0.717) is 5.41 Å². The zero-order chi connectivity index (χ0) is 12.0. The quantitative estimate of drug-likeness (QED) is 0.715. The number of hydrogen-bond acceptors (Lipinski definition) is 1. The number of rotatable bonds is 4. The molecule has 0 aromatic carbocycles. The normalized spacial score (nSPS) is 31.9. The van der Waals surface area contributed by atoms with Crippen LogP contribution in [0.4, 0.5) is 0 Å². The molecule has 2 unspecified atom stereocenters. The molecule has 3 aliphatic carbocycles. The molecule has 3 rings (SSSR count). The zero-order valence-corrected chi connectivity index (χ0v) is 11.2. The lowest BCUT2D eigenvalue weighted by Crippen LogP contribution is -2.48. The molecule has 2 atom stereocenters. The Kier molecular flexibility index (Phi) is 2.94. The van der Waals surface area contributed by atoms with Gasteiger partial charge in [-0.1, -0.05) is 25.5 Å². The first kappa shape index (κ1) is 12.2. The Bertz CT molecular complexity index is 293. The highest BCUT2D eigenvalue weighted by Gasteiger charge is 2.50. The SMILES string of the molecule is CC(C)(O)CCCC1=CCC2CC1C2(C)C. The van der Waals surface area contributed by atoms with Crippen molar-refractivity contribution in [1.29, 1.82) is 0 Å². The van der Waals surface area contributed by atoms with Crippen LogP contribution in [0.3, 0.4) is 0 Å². The molecule has 2 bridgehead atoms. The van der Waals surface area contributed by atoms with Crippen molar-refractivity contribution in [2.75, 3.05) is 0 Å². The average molecular weight is 222 g/mol. The monoisotopic (exact) mass is 222 g/mol. The molecule has 0 aliphatic heterocycles. The Labute approximate surface area is 99.9 Å². The molecule has 16 heavy (non-hydrogen) atoms.